The highest BCUT2D eigenvalue weighted by Crippen LogP contribution is 2.37. The fourth-order valence-electron chi connectivity index (χ4n) is 3.01. The average Bonchev–Trinajstić information content (AvgIpc) is 2.82. The van der Waals surface area contributed by atoms with Crippen molar-refractivity contribution in [2.75, 3.05) is 33.8 Å². The number of methoxy groups -OCH3 is 4. The maximum absolute atomic E-state index is 12.0. The van der Waals surface area contributed by atoms with E-state index in [0.29, 0.717) is 40.8 Å². The Bertz CT molecular complexity index is 1010. The zero-order valence-electron chi connectivity index (χ0n) is 18.2. The lowest BCUT2D eigenvalue weighted by Crippen LogP contribution is -2.13. The van der Waals surface area contributed by atoms with Gasteiger partial charge in [0.1, 0.15) is 23.0 Å². The summed E-state index contributed by atoms with van der Waals surface area (Å²) in [6, 6.07) is 12.7. The normalized spacial score (nSPS) is 10.4. The number of ether oxygens (including phenoxy) is 4. The van der Waals surface area contributed by atoms with E-state index in [0.717, 1.165) is 11.1 Å². The molecule has 0 atom stereocenters. The number of benzene rings is 2. The van der Waals surface area contributed by atoms with Crippen LogP contribution in [0.25, 0.3) is 22.5 Å². The van der Waals surface area contributed by atoms with Crippen LogP contribution in [0.15, 0.2) is 42.5 Å². The van der Waals surface area contributed by atoms with Crippen LogP contribution in [0.5, 0.6) is 23.0 Å². The molecule has 0 fully saturated rings. The molecular formula is C23H25N3O5. The predicted molar refractivity (Wildman–Crippen MR) is 118 cm³/mol. The predicted octanol–water partition coefficient (Wildman–Crippen LogP) is 4.19. The number of hydrogen-bond acceptors (Lipinski definition) is 7. The first-order chi connectivity index (χ1) is 15.0. The van der Waals surface area contributed by atoms with Crippen LogP contribution in [0.3, 0.4) is 0 Å². The van der Waals surface area contributed by atoms with E-state index >= 15 is 0 Å². The first kappa shape index (κ1) is 21.9. The largest absolute Gasteiger partial charge is 0.497 e. The van der Waals surface area contributed by atoms with E-state index in [-0.39, 0.29) is 11.9 Å². The molecule has 0 aliphatic rings. The maximum Gasteiger partial charge on any atom is 0.230 e. The Morgan fingerprint density at radius 3 is 1.65 bits per heavy atom. The standard InChI is InChI=1S/C23H25N3O5/c1-6-22(27)26-23-24-18(16-9-7-14(28-2)11-20(16)30-4)13-19(25-23)17-10-8-15(29-3)12-21(17)31-5/h7-13H,6H2,1-5H3,(H,24,25,26,27). The molecule has 0 saturated heterocycles. The Hall–Kier alpha value is -3.81. The van der Waals surface area contributed by atoms with Gasteiger partial charge in [-0.05, 0) is 30.3 Å². The van der Waals surface area contributed by atoms with Crippen molar-refractivity contribution < 1.29 is 23.7 Å². The third kappa shape index (κ3) is 4.85. The van der Waals surface area contributed by atoms with E-state index in [1.165, 1.54) is 0 Å². The van der Waals surface area contributed by atoms with Gasteiger partial charge in [0.2, 0.25) is 11.9 Å². The topological polar surface area (TPSA) is 91.8 Å². The minimum Gasteiger partial charge on any atom is -0.497 e. The molecule has 0 unspecified atom stereocenters. The third-order valence-electron chi connectivity index (χ3n) is 4.67. The van der Waals surface area contributed by atoms with Crippen LogP contribution in [0.1, 0.15) is 13.3 Å². The van der Waals surface area contributed by atoms with E-state index in [1.807, 2.05) is 30.3 Å². The summed E-state index contributed by atoms with van der Waals surface area (Å²) in [5, 5.41) is 2.74. The molecule has 1 heterocycles. The quantitative estimate of drug-likeness (QED) is 0.581. The second-order valence-electron chi connectivity index (χ2n) is 6.50. The van der Waals surface area contributed by atoms with Crippen molar-refractivity contribution in [3.63, 3.8) is 0 Å². The van der Waals surface area contributed by atoms with Crippen LogP contribution in [-0.4, -0.2) is 44.3 Å². The van der Waals surface area contributed by atoms with Gasteiger partial charge in [0, 0.05) is 29.7 Å². The van der Waals surface area contributed by atoms with Crippen LogP contribution in [-0.2, 0) is 4.79 Å². The second-order valence-corrected chi connectivity index (χ2v) is 6.50. The van der Waals surface area contributed by atoms with Gasteiger partial charge in [0.15, 0.2) is 0 Å². The van der Waals surface area contributed by atoms with Gasteiger partial charge < -0.3 is 18.9 Å². The van der Waals surface area contributed by atoms with E-state index < -0.39 is 0 Å². The van der Waals surface area contributed by atoms with Gasteiger partial charge in [0.05, 0.1) is 39.8 Å². The zero-order chi connectivity index (χ0) is 22.4. The molecule has 162 valence electrons. The minimum absolute atomic E-state index is 0.188. The molecule has 0 saturated carbocycles. The number of anilines is 1. The Labute approximate surface area is 181 Å². The smallest absolute Gasteiger partial charge is 0.230 e. The minimum atomic E-state index is -0.188. The number of aromatic nitrogens is 2. The fraction of sp³-hybridized carbons (Fsp3) is 0.261. The molecule has 0 radical (unpaired) electrons. The van der Waals surface area contributed by atoms with Crippen molar-refractivity contribution in [1.82, 2.24) is 9.97 Å². The average molecular weight is 423 g/mol. The van der Waals surface area contributed by atoms with Gasteiger partial charge in [-0.3, -0.25) is 10.1 Å². The number of nitrogens with one attached hydrogen (secondary N) is 1. The molecule has 0 spiro atoms. The van der Waals surface area contributed by atoms with E-state index in [9.17, 15) is 4.79 Å². The molecule has 1 amide bonds. The van der Waals surface area contributed by atoms with Crippen LogP contribution in [0.2, 0.25) is 0 Å². The highest BCUT2D eigenvalue weighted by molar-refractivity contribution is 5.89. The lowest BCUT2D eigenvalue weighted by atomic mass is 10.1. The van der Waals surface area contributed by atoms with Crippen molar-refractivity contribution >= 4 is 11.9 Å². The van der Waals surface area contributed by atoms with Gasteiger partial charge in [-0.2, -0.15) is 0 Å². The van der Waals surface area contributed by atoms with E-state index in [4.69, 9.17) is 18.9 Å². The monoisotopic (exact) mass is 423 g/mol. The Morgan fingerprint density at radius 1 is 0.774 bits per heavy atom. The molecule has 1 N–H and O–H groups in total. The highest BCUT2D eigenvalue weighted by atomic mass is 16.5. The molecule has 0 bridgehead atoms. The van der Waals surface area contributed by atoms with Crippen molar-refractivity contribution in [2.45, 2.75) is 13.3 Å². The SMILES string of the molecule is CCC(=O)Nc1nc(-c2ccc(OC)cc2OC)cc(-c2ccc(OC)cc2OC)n1. The molecule has 8 nitrogen and oxygen atoms in total. The van der Waals surface area contributed by atoms with Gasteiger partial charge >= 0.3 is 0 Å². The van der Waals surface area contributed by atoms with Crippen LogP contribution in [0, 0.1) is 0 Å². The first-order valence-corrected chi connectivity index (χ1v) is 9.66. The second kappa shape index (κ2) is 9.80. The summed E-state index contributed by atoms with van der Waals surface area (Å²) >= 11 is 0. The summed E-state index contributed by atoms with van der Waals surface area (Å²) in [6.45, 7) is 1.76. The molecular weight excluding hydrogens is 398 g/mol. The van der Waals surface area contributed by atoms with Crippen LogP contribution in [0.4, 0.5) is 5.95 Å². The maximum atomic E-state index is 12.0. The number of amides is 1. The summed E-state index contributed by atoms with van der Waals surface area (Å²) in [6.07, 6.45) is 0.306. The van der Waals surface area contributed by atoms with Crippen LogP contribution < -0.4 is 24.3 Å². The summed E-state index contributed by atoms with van der Waals surface area (Å²) < 4.78 is 21.6. The molecule has 31 heavy (non-hydrogen) atoms. The number of carbonyl (C=O) groups excluding carboxylic acids is 1. The summed E-state index contributed by atoms with van der Waals surface area (Å²) in [4.78, 5) is 21.1. The summed E-state index contributed by atoms with van der Waals surface area (Å²) in [5.74, 6) is 2.48. The lowest BCUT2D eigenvalue weighted by Gasteiger charge is -2.14. The molecule has 3 rings (SSSR count). The van der Waals surface area contributed by atoms with Crippen molar-refractivity contribution in [1.29, 1.82) is 0 Å². The molecule has 0 aliphatic heterocycles. The van der Waals surface area contributed by atoms with Gasteiger partial charge in [-0.1, -0.05) is 6.92 Å². The molecule has 0 aliphatic carbocycles. The van der Waals surface area contributed by atoms with Gasteiger partial charge in [0.25, 0.3) is 0 Å². The fourth-order valence-corrected chi connectivity index (χ4v) is 3.01. The third-order valence-corrected chi connectivity index (χ3v) is 4.67. The van der Waals surface area contributed by atoms with Crippen molar-refractivity contribution in [3.05, 3.63) is 42.5 Å². The van der Waals surface area contributed by atoms with Crippen LogP contribution >= 0.6 is 0 Å². The number of carbonyl (C=O) groups is 1. The Morgan fingerprint density at radius 2 is 1.26 bits per heavy atom. The number of hydrogen-bond donors (Lipinski definition) is 1. The molecule has 8 heteroatoms. The zero-order valence-corrected chi connectivity index (χ0v) is 18.2. The molecule has 1 aromatic heterocycles. The Balaban J connectivity index is 2.20. The summed E-state index contributed by atoms with van der Waals surface area (Å²) in [7, 11) is 6.33. The summed E-state index contributed by atoms with van der Waals surface area (Å²) in [5.41, 5.74) is 2.61. The molecule has 3 aromatic rings. The van der Waals surface area contributed by atoms with Gasteiger partial charge in [-0.25, -0.2) is 9.97 Å². The van der Waals surface area contributed by atoms with Crippen molar-refractivity contribution in [2.24, 2.45) is 0 Å². The lowest BCUT2D eigenvalue weighted by molar-refractivity contribution is -0.115. The highest BCUT2D eigenvalue weighted by Gasteiger charge is 2.17. The molecule has 2 aromatic carbocycles. The van der Waals surface area contributed by atoms with E-state index in [2.05, 4.69) is 15.3 Å². The number of nitrogens with zero attached hydrogens (tertiary/aromatic N) is 2. The van der Waals surface area contributed by atoms with Gasteiger partial charge in [-0.15, -0.1) is 0 Å². The first-order valence-electron chi connectivity index (χ1n) is 9.66. The van der Waals surface area contributed by atoms with E-state index in [1.54, 1.807) is 47.5 Å². The number of rotatable bonds is 8. The van der Waals surface area contributed by atoms with Crippen molar-refractivity contribution in [3.8, 4) is 45.5 Å². The Kier molecular flexibility index (Phi) is 6.92.